The van der Waals surface area contributed by atoms with Crippen LogP contribution in [0.3, 0.4) is 0 Å². The zero-order valence-electron chi connectivity index (χ0n) is 8.44. The monoisotopic (exact) mass is 233 g/mol. The summed E-state index contributed by atoms with van der Waals surface area (Å²) in [6.07, 6.45) is -2.83. The van der Waals surface area contributed by atoms with Gasteiger partial charge in [-0.2, -0.15) is 13.2 Å². The molecule has 0 saturated carbocycles. The maximum Gasteiger partial charge on any atom is 0.416 e. The van der Waals surface area contributed by atoms with E-state index in [4.69, 9.17) is 0 Å². The zero-order chi connectivity index (χ0) is 11.8. The molecule has 1 N–H and O–H groups in total. The van der Waals surface area contributed by atoms with Crippen molar-refractivity contribution in [3.8, 4) is 0 Å². The van der Waals surface area contributed by atoms with Gasteiger partial charge in [-0.15, -0.1) is 0 Å². The molecule has 0 radical (unpaired) electrons. The second-order valence-corrected chi connectivity index (χ2v) is 3.92. The van der Waals surface area contributed by atoms with Gasteiger partial charge in [0.25, 0.3) is 0 Å². The van der Waals surface area contributed by atoms with Gasteiger partial charge in [-0.25, -0.2) is 4.39 Å². The Kier molecular flexibility index (Phi) is 2.88. The number of rotatable bonds is 1. The summed E-state index contributed by atoms with van der Waals surface area (Å²) >= 11 is 0. The van der Waals surface area contributed by atoms with Gasteiger partial charge in [0.1, 0.15) is 5.82 Å². The molecule has 1 atom stereocenters. The molecule has 1 heterocycles. The molecule has 0 spiro atoms. The average molecular weight is 233 g/mol. The fraction of sp³-hybridized carbons (Fsp3) is 0.455. The van der Waals surface area contributed by atoms with E-state index < -0.39 is 17.6 Å². The normalized spacial score (nSPS) is 21.4. The lowest BCUT2D eigenvalue weighted by Gasteiger charge is -2.14. The first-order valence-corrected chi connectivity index (χ1v) is 5.08. The largest absolute Gasteiger partial charge is 0.416 e. The van der Waals surface area contributed by atoms with E-state index in [1.165, 1.54) is 0 Å². The molecule has 1 fully saturated rings. The van der Waals surface area contributed by atoms with Gasteiger partial charge in [0.05, 0.1) is 5.56 Å². The molecule has 0 unspecified atom stereocenters. The highest BCUT2D eigenvalue weighted by molar-refractivity contribution is 5.29. The molecule has 1 aliphatic rings. The van der Waals surface area contributed by atoms with E-state index in [0.717, 1.165) is 31.5 Å². The average Bonchev–Trinajstić information content (AvgIpc) is 2.68. The van der Waals surface area contributed by atoms with Crippen LogP contribution >= 0.6 is 0 Å². The van der Waals surface area contributed by atoms with Gasteiger partial charge >= 0.3 is 6.18 Å². The van der Waals surface area contributed by atoms with E-state index in [1.54, 1.807) is 0 Å². The molecule has 0 aromatic heterocycles. The van der Waals surface area contributed by atoms with E-state index in [1.807, 2.05) is 0 Å². The lowest BCUT2D eigenvalue weighted by Crippen LogP contribution is -2.14. The van der Waals surface area contributed by atoms with Gasteiger partial charge in [-0.1, -0.05) is 0 Å². The van der Waals surface area contributed by atoms with Crippen LogP contribution < -0.4 is 5.32 Å². The predicted molar refractivity (Wildman–Crippen MR) is 51.4 cm³/mol. The molecule has 1 aromatic rings. The Bertz CT molecular complexity index is 380. The van der Waals surface area contributed by atoms with Crippen LogP contribution in [0.15, 0.2) is 18.2 Å². The quantitative estimate of drug-likeness (QED) is 0.734. The van der Waals surface area contributed by atoms with Crippen molar-refractivity contribution in [2.75, 3.05) is 6.54 Å². The highest BCUT2D eigenvalue weighted by Gasteiger charge is 2.32. The van der Waals surface area contributed by atoms with Gasteiger partial charge in [0.15, 0.2) is 0 Å². The first kappa shape index (κ1) is 11.4. The van der Waals surface area contributed by atoms with Crippen LogP contribution in [0.5, 0.6) is 0 Å². The molecule has 1 aromatic carbocycles. The smallest absolute Gasteiger partial charge is 0.310 e. The van der Waals surface area contributed by atoms with Gasteiger partial charge in [-0.3, -0.25) is 0 Å². The van der Waals surface area contributed by atoms with Crippen LogP contribution in [0, 0.1) is 5.82 Å². The third-order valence-electron chi connectivity index (χ3n) is 2.71. The molecule has 88 valence electrons. The summed E-state index contributed by atoms with van der Waals surface area (Å²) in [6, 6.07) is 2.56. The Hall–Kier alpha value is -1.10. The topological polar surface area (TPSA) is 12.0 Å². The van der Waals surface area contributed by atoms with Crippen LogP contribution in [0.1, 0.15) is 30.0 Å². The molecular formula is C11H11F4N. The summed E-state index contributed by atoms with van der Waals surface area (Å²) in [7, 11) is 0. The number of nitrogens with one attached hydrogen (secondary N) is 1. The Morgan fingerprint density at radius 1 is 1.19 bits per heavy atom. The standard InChI is InChI=1S/C11H11F4N/c12-9-5-7(10-2-1-3-16-10)4-8(6-9)11(13,14)15/h4-6,10,16H,1-3H2/t10-/m0/s1. The summed E-state index contributed by atoms with van der Waals surface area (Å²) in [6.45, 7) is 0.766. The number of hydrogen-bond donors (Lipinski definition) is 1. The van der Waals surface area contributed by atoms with Crippen LogP contribution in [0.2, 0.25) is 0 Å². The molecular weight excluding hydrogens is 222 g/mol. The van der Waals surface area contributed by atoms with E-state index in [9.17, 15) is 17.6 Å². The number of benzene rings is 1. The summed E-state index contributed by atoms with van der Waals surface area (Å²) in [4.78, 5) is 0. The molecule has 1 saturated heterocycles. The van der Waals surface area contributed by atoms with E-state index in [-0.39, 0.29) is 6.04 Å². The minimum Gasteiger partial charge on any atom is -0.310 e. The van der Waals surface area contributed by atoms with Crippen molar-refractivity contribution in [3.05, 3.63) is 35.1 Å². The van der Waals surface area contributed by atoms with E-state index in [2.05, 4.69) is 5.32 Å². The maximum atomic E-state index is 13.1. The summed E-state index contributed by atoms with van der Waals surface area (Å²) < 4.78 is 50.4. The maximum absolute atomic E-state index is 13.1. The fourth-order valence-corrected chi connectivity index (χ4v) is 1.95. The van der Waals surface area contributed by atoms with Crippen molar-refractivity contribution in [1.29, 1.82) is 0 Å². The van der Waals surface area contributed by atoms with E-state index >= 15 is 0 Å². The summed E-state index contributed by atoms with van der Waals surface area (Å²) in [5.41, 5.74) is -0.541. The predicted octanol–water partition coefficient (Wildman–Crippen LogP) is 3.27. The van der Waals surface area contributed by atoms with Crippen molar-refractivity contribution in [2.24, 2.45) is 0 Å². The molecule has 1 nitrogen and oxygen atoms in total. The molecule has 2 rings (SSSR count). The second kappa shape index (κ2) is 4.05. The van der Waals surface area contributed by atoms with Crippen molar-refractivity contribution in [2.45, 2.75) is 25.1 Å². The first-order valence-electron chi connectivity index (χ1n) is 5.08. The van der Waals surface area contributed by atoms with Crippen LogP contribution in [0.4, 0.5) is 17.6 Å². The minimum atomic E-state index is -4.49. The highest BCUT2D eigenvalue weighted by atomic mass is 19.4. The fourth-order valence-electron chi connectivity index (χ4n) is 1.95. The molecule has 1 aliphatic heterocycles. The summed E-state index contributed by atoms with van der Waals surface area (Å²) in [5.74, 6) is -0.835. The molecule has 5 heteroatoms. The van der Waals surface area contributed by atoms with Crippen LogP contribution in [0.25, 0.3) is 0 Å². The molecule has 0 amide bonds. The molecule has 16 heavy (non-hydrogen) atoms. The Balaban J connectivity index is 2.35. The van der Waals surface area contributed by atoms with Crippen LogP contribution in [-0.2, 0) is 6.18 Å². The number of alkyl halides is 3. The van der Waals surface area contributed by atoms with Crippen LogP contribution in [-0.4, -0.2) is 6.54 Å². The van der Waals surface area contributed by atoms with Crippen molar-refractivity contribution < 1.29 is 17.6 Å². The van der Waals surface area contributed by atoms with Crippen molar-refractivity contribution in [1.82, 2.24) is 5.32 Å². The third-order valence-corrected chi connectivity index (χ3v) is 2.71. The van der Waals surface area contributed by atoms with Gasteiger partial charge in [-0.05, 0) is 43.1 Å². The highest BCUT2D eigenvalue weighted by Crippen LogP contribution is 2.33. The lowest BCUT2D eigenvalue weighted by atomic mass is 10.0. The summed E-state index contributed by atoms with van der Waals surface area (Å²) in [5, 5.41) is 3.04. The van der Waals surface area contributed by atoms with Crippen molar-refractivity contribution in [3.63, 3.8) is 0 Å². The molecule has 0 bridgehead atoms. The number of halogens is 4. The van der Waals surface area contributed by atoms with E-state index in [0.29, 0.717) is 11.6 Å². The van der Waals surface area contributed by atoms with Gasteiger partial charge in [0.2, 0.25) is 0 Å². The first-order chi connectivity index (χ1) is 7.47. The SMILES string of the molecule is Fc1cc([C@@H]2CCCN2)cc(C(F)(F)F)c1. The van der Waals surface area contributed by atoms with Gasteiger partial charge in [0, 0.05) is 6.04 Å². The second-order valence-electron chi connectivity index (χ2n) is 3.92. The minimum absolute atomic E-state index is 0.156. The van der Waals surface area contributed by atoms with Crippen molar-refractivity contribution >= 4 is 0 Å². The number of hydrogen-bond acceptors (Lipinski definition) is 1. The molecule has 0 aliphatic carbocycles. The Labute approximate surface area is 90.5 Å². The Morgan fingerprint density at radius 2 is 1.94 bits per heavy atom. The zero-order valence-corrected chi connectivity index (χ0v) is 8.44. The van der Waals surface area contributed by atoms with Gasteiger partial charge < -0.3 is 5.32 Å². The Morgan fingerprint density at radius 3 is 2.50 bits per heavy atom. The third kappa shape index (κ3) is 2.35. The lowest BCUT2D eigenvalue weighted by molar-refractivity contribution is -0.137.